The molecule has 0 atom stereocenters. The smallest absolute Gasteiger partial charge is 0.0187 e. The van der Waals surface area contributed by atoms with Gasteiger partial charge in [-0.1, -0.05) is 78.9 Å². The second-order valence-corrected chi connectivity index (χ2v) is 4.54. The normalized spacial score (nSPS) is 11.9. The van der Waals surface area contributed by atoms with Crippen LogP contribution < -0.4 is 0 Å². The fourth-order valence-electron chi connectivity index (χ4n) is 2.09. The van der Waals surface area contributed by atoms with E-state index in [4.69, 9.17) is 0 Å². The summed E-state index contributed by atoms with van der Waals surface area (Å²) in [6.45, 7) is 2.09. The van der Waals surface area contributed by atoms with Crippen LogP contribution in [0.5, 0.6) is 0 Å². The SMILES string of the molecule is CC=C(C=CCCc1ccccc1)c1ccccc1. The molecule has 96 valence electrons. The Balaban J connectivity index is 1.91. The van der Waals surface area contributed by atoms with Crippen LogP contribution in [-0.4, -0.2) is 0 Å². The first kappa shape index (κ1) is 13.4. The molecule has 2 rings (SSSR count). The van der Waals surface area contributed by atoms with E-state index in [1.165, 1.54) is 16.7 Å². The molecule has 0 aromatic heterocycles. The van der Waals surface area contributed by atoms with Crippen LogP contribution in [0.1, 0.15) is 24.5 Å². The summed E-state index contributed by atoms with van der Waals surface area (Å²) in [5.41, 5.74) is 3.96. The zero-order valence-electron chi connectivity index (χ0n) is 11.4. The van der Waals surface area contributed by atoms with Crippen molar-refractivity contribution in [2.45, 2.75) is 19.8 Å². The molecule has 0 fully saturated rings. The van der Waals surface area contributed by atoms with Crippen molar-refractivity contribution in [1.82, 2.24) is 0 Å². The van der Waals surface area contributed by atoms with Crippen molar-refractivity contribution in [3.63, 3.8) is 0 Å². The molecule has 0 spiro atoms. The highest BCUT2D eigenvalue weighted by atomic mass is 14.0. The maximum atomic E-state index is 2.26. The first-order chi connectivity index (χ1) is 9.40. The van der Waals surface area contributed by atoms with Crippen LogP contribution in [0, 0.1) is 0 Å². The zero-order valence-corrected chi connectivity index (χ0v) is 11.4. The Morgan fingerprint density at radius 1 is 0.895 bits per heavy atom. The van der Waals surface area contributed by atoms with Crippen molar-refractivity contribution in [2.75, 3.05) is 0 Å². The maximum absolute atomic E-state index is 2.26. The Morgan fingerprint density at radius 3 is 2.16 bits per heavy atom. The van der Waals surface area contributed by atoms with E-state index in [1.807, 2.05) is 0 Å². The van der Waals surface area contributed by atoms with Gasteiger partial charge in [0.2, 0.25) is 0 Å². The summed E-state index contributed by atoms with van der Waals surface area (Å²) in [5, 5.41) is 0. The third-order valence-corrected chi connectivity index (χ3v) is 3.16. The molecule has 2 aromatic rings. The van der Waals surface area contributed by atoms with E-state index >= 15 is 0 Å². The van der Waals surface area contributed by atoms with Gasteiger partial charge in [0.25, 0.3) is 0 Å². The molecule has 0 saturated carbocycles. The predicted molar refractivity (Wildman–Crippen MR) is 84.0 cm³/mol. The fraction of sp³-hybridized carbons (Fsp3) is 0.158. The lowest BCUT2D eigenvalue weighted by Crippen LogP contribution is -1.82. The number of allylic oxidation sites excluding steroid dienone is 4. The topological polar surface area (TPSA) is 0 Å². The molecule has 0 aliphatic rings. The van der Waals surface area contributed by atoms with Crippen LogP contribution in [0.3, 0.4) is 0 Å². The van der Waals surface area contributed by atoms with E-state index in [9.17, 15) is 0 Å². The molecule has 0 radical (unpaired) electrons. The Morgan fingerprint density at radius 2 is 1.53 bits per heavy atom. The van der Waals surface area contributed by atoms with Crippen molar-refractivity contribution < 1.29 is 0 Å². The molecule has 0 N–H and O–H groups in total. The number of benzene rings is 2. The summed E-state index contributed by atoms with van der Waals surface area (Å²) in [6, 6.07) is 21.1. The molecule has 0 amide bonds. The standard InChI is InChI=1S/C19H20/c1-2-18(19-15-7-4-8-16-19)14-10-9-13-17-11-5-3-6-12-17/h2-8,10-12,14-16H,9,13H2,1H3. The second kappa shape index (κ2) is 7.38. The number of aryl methyl sites for hydroxylation is 1. The molecule has 0 aliphatic heterocycles. The van der Waals surface area contributed by atoms with E-state index in [0.717, 1.165) is 12.8 Å². The van der Waals surface area contributed by atoms with Crippen LogP contribution in [0.25, 0.3) is 5.57 Å². The molecule has 0 heteroatoms. The molecular weight excluding hydrogens is 228 g/mol. The van der Waals surface area contributed by atoms with E-state index < -0.39 is 0 Å². The molecule has 0 aliphatic carbocycles. The van der Waals surface area contributed by atoms with Gasteiger partial charge in [0, 0.05) is 0 Å². The molecule has 0 unspecified atom stereocenters. The van der Waals surface area contributed by atoms with Gasteiger partial charge >= 0.3 is 0 Å². The minimum Gasteiger partial charge on any atom is -0.0836 e. The van der Waals surface area contributed by atoms with Gasteiger partial charge < -0.3 is 0 Å². The van der Waals surface area contributed by atoms with Gasteiger partial charge in [-0.15, -0.1) is 0 Å². The van der Waals surface area contributed by atoms with Gasteiger partial charge in [0.1, 0.15) is 0 Å². The summed E-state index contributed by atoms with van der Waals surface area (Å²) in [7, 11) is 0. The highest BCUT2D eigenvalue weighted by Gasteiger charge is 1.94. The third kappa shape index (κ3) is 4.26. The molecule has 0 bridgehead atoms. The molecule has 2 aromatic carbocycles. The fourth-order valence-corrected chi connectivity index (χ4v) is 2.09. The highest BCUT2D eigenvalue weighted by Crippen LogP contribution is 2.15. The van der Waals surface area contributed by atoms with Gasteiger partial charge in [-0.2, -0.15) is 0 Å². The zero-order chi connectivity index (χ0) is 13.3. The third-order valence-electron chi connectivity index (χ3n) is 3.16. The van der Waals surface area contributed by atoms with Crippen LogP contribution in [0.2, 0.25) is 0 Å². The quantitative estimate of drug-likeness (QED) is 0.631. The van der Waals surface area contributed by atoms with Crippen molar-refractivity contribution in [2.24, 2.45) is 0 Å². The van der Waals surface area contributed by atoms with Gasteiger partial charge in [-0.05, 0) is 36.5 Å². The Hall–Kier alpha value is -2.08. The van der Waals surface area contributed by atoms with E-state index in [0.29, 0.717) is 0 Å². The average Bonchev–Trinajstić information content (AvgIpc) is 2.49. The predicted octanol–water partition coefficient (Wildman–Crippen LogP) is 5.28. The van der Waals surface area contributed by atoms with E-state index in [2.05, 4.69) is 85.8 Å². The molecular formula is C19H20. The molecule has 0 heterocycles. The lowest BCUT2D eigenvalue weighted by atomic mass is 10.0. The minimum absolute atomic E-state index is 1.08. The van der Waals surface area contributed by atoms with Crippen molar-refractivity contribution in [1.29, 1.82) is 0 Å². The van der Waals surface area contributed by atoms with Crippen LogP contribution in [-0.2, 0) is 6.42 Å². The molecule has 0 saturated heterocycles. The van der Waals surface area contributed by atoms with Crippen molar-refractivity contribution in [3.8, 4) is 0 Å². The first-order valence-corrected chi connectivity index (χ1v) is 6.82. The van der Waals surface area contributed by atoms with E-state index in [-0.39, 0.29) is 0 Å². The van der Waals surface area contributed by atoms with Gasteiger partial charge in [-0.25, -0.2) is 0 Å². The largest absolute Gasteiger partial charge is 0.0836 e. The monoisotopic (exact) mass is 248 g/mol. The Kier molecular flexibility index (Phi) is 5.18. The highest BCUT2D eigenvalue weighted by molar-refractivity contribution is 5.73. The van der Waals surface area contributed by atoms with Gasteiger partial charge in [0.15, 0.2) is 0 Å². The lowest BCUT2D eigenvalue weighted by Gasteiger charge is -2.01. The number of hydrogen-bond acceptors (Lipinski definition) is 0. The Bertz CT molecular complexity index is 533. The lowest BCUT2D eigenvalue weighted by molar-refractivity contribution is 1.00. The number of hydrogen-bond donors (Lipinski definition) is 0. The van der Waals surface area contributed by atoms with Crippen molar-refractivity contribution in [3.05, 3.63) is 90.0 Å². The summed E-state index contributed by atoms with van der Waals surface area (Å²) in [5.74, 6) is 0. The van der Waals surface area contributed by atoms with Gasteiger partial charge in [0.05, 0.1) is 0 Å². The summed E-state index contributed by atoms with van der Waals surface area (Å²) in [6.07, 6.45) is 8.82. The van der Waals surface area contributed by atoms with Crippen LogP contribution in [0.15, 0.2) is 78.9 Å². The minimum atomic E-state index is 1.08. The molecule has 19 heavy (non-hydrogen) atoms. The first-order valence-electron chi connectivity index (χ1n) is 6.82. The van der Waals surface area contributed by atoms with Gasteiger partial charge in [-0.3, -0.25) is 0 Å². The van der Waals surface area contributed by atoms with Crippen LogP contribution >= 0.6 is 0 Å². The van der Waals surface area contributed by atoms with E-state index in [1.54, 1.807) is 0 Å². The number of rotatable bonds is 5. The summed E-state index contributed by atoms with van der Waals surface area (Å²) < 4.78 is 0. The summed E-state index contributed by atoms with van der Waals surface area (Å²) in [4.78, 5) is 0. The second-order valence-electron chi connectivity index (χ2n) is 4.54. The maximum Gasteiger partial charge on any atom is -0.0187 e. The van der Waals surface area contributed by atoms with Crippen molar-refractivity contribution >= 4 is 5.57 Å². The summed E-state index contributed by atoms with van der Waals surface area (Å²) >= 11 is 0. The average molecular weight is 248 g/mol. The Labute approximate surface area is 116 Å². The molecule has 0 nitrogen and oxygen atoms in total. The van der Waals surface area contributed by atoms with Crippen LogP contribution in [0.4, 0.5) is 0 Å².